The first-order valence-electron chi connectivity index (χ1n) is 6.14. The second kappa shape index (κ2) is 7.11. The topological polar surface area (TPSA) is 58.2 Å². The molecule has 0 spiro atoms. The average molecular weight is 323 g/mol. The number of para-hydroxylation sites is 1. The fraction of sp³-hybridized carbons (Fsp3) is 0.0667. The summed E-state index contributed by atoms with van der Waals surface area (Å²) in [5, 5.41) is 3.82. The van der Waals surface area contributed by atoms with Gasteiger partial charge in [-0.1, -0.05) is 30.3 Å². The molecule has 21 heavy (non-hydrogen) atoms. The number of anilines is 2. The van der Waals surface area contributed by atoms with E-state index in [0.29, 0.717) is 17.8 Å². The lowest BCUT2D eigenvalue weighted by Gasteiger charge is -2.09. The van der Waals surface area contributed by atoms with Gasteiger partial charge < -0.3 is 10.6 Å². The third-order valence-corrected chi connectivity index (χ3v) is 3.03. The van der Waals surface area contributed by atoms with Crippen LogP contribution >= 0.6 is 23.2 Å². The summed E-state index contributed by atoms with van der Waals surface area (Å²) >= 11 is 10.6. The SMILES string of the molecule is O=C(Cl)Nc1ccc(Cc2ccccc2NC(=O)Cl)cc1. The highest BCUT2D eigenvalue weighted by Crippen LogP contribution is 2.20. The van der Waals surface area contributed by atoms with Gasteiger partial charge in [0.15, 0.2) is 0 Å². The van der Waals surface area contributed by atoms with Gasteiger partial charge in [-0.25, -0.2) is 0 Å². The fourth-order valence-corrected chi connectivity index (χ4v) is 2.15. The van der Waals surface area contributed by atoms with Crippen LogP contribution in [0.4, 0.5) is 21.0 Å². The Bertz CT molecular complexity index is 657. The van der Waals surface area contributed by atoms with E-state index in [9.17, 15) is 9.59 Å². The van der Waals surface area contributed by atoms with Crippen LogP contribution in [0.15, 0.2) is 48.5 Å². The van der Waals surface area contributed by atoms with Crippen molar-refractivity contribution in [3.05, 3.63) is 59.7 Å². The summed E-state index contributed by atoms with van der Waals surface area (Å²) in [6.45, 7) is 0. The van der Waals surface area contributed by atoms with Crippen molar-refractivity contribution in [3.63, 3.8) is 0 Å². The van der Waals surface area contributed by atoms with Crippen LogP contribution in [0.25, 0.3) is 0 Å². The summed E-state index contributed by atoms with van der Waals surface area (Å²) in [6.07, 6.45) is 0.627. The molecule has 6 heteroatoms. The van der Waals surface area contributed by atoms with Crippen molar-refractivity contribution in [1.29, 1.82) is 0 Å². The molecule has 0 aromatic heterocycles. The third kappa shape index (κ3) is 4.77. The summed E-state index contributed by atoms with van der Waals surface area (Å²) in [4.78, 5) is 21.7. The van der Waals surface area contributed by atoms with Crippen LogP contribution in [0.1, 0.15) is 11.1 Å². The minimum Gasteiger partial charge on any atom is -0.312 e. The number of hydrogen-bond acceptors (Lipinski definition) is 2. The van der Waals surface area contributed by atoms with Crippen LogP contribution in [0.5, 0.6) is 0 Å². The average Bonchev–Trinajstić information content (AvgIpc) is 2.42. The zero-order valence-electron chi connectivity index (χ0n) is 10.9. The molecule has 0 saturated carbocycles. The van der Waals surface area contributed by atoms with E-state index in [1.165, 1.54) is 0 Å². The molecule has 0 aliphatic heterocycles. The lowest BCUT2D eigenvalue weighted by molar-refractivity contribution is 0.268. The standard InChI is InChI=1S/C15H12Cl2N2O2/c16-14(20)18-12-7-5-10(6-8-12)9-11-3-1-2-4-13(11)19-15(17)21/h1-8H,9H2,(H,18,20)(H,19,21). The minimum absolute atomic E-state index is 0.623. The molecule has 0 unspecified atom stereocenters. The molecular weight excluding hydrogens is 311 g/mol. The van der Waals surface area contributed by atoms with Gasteiger partial charge in [-0.2, -0.15) is 0 Å². The molecule has 2 rings (SSSR count). The highest BCUT2D eigenvalue weighted by molar-refractivity contribution is 6.66. The van der Waals surface area contributed by atoms with Crippen LogP contribution in [0.3, 0.4) is 0 Å². The van der Waals surface area contributed by atoms with Crippen LogP contribution in [0, 0.1) is 0 Å². The lowest BCUT2D eigenvalue weighted by Crippen LogP contribution is -2.04. The molecule has 2 N–H and O–H groups in total. The van der Waals surface area contributed by atoms with E-state index < -0.39 is 10.7 Å². The number of halogens is 2. The Morgan fingerprint density at radius 2 is 1.48 bits per heavy atom. The number of carbonyl (C=O) groups excluding carboxylic acids is 2. The van der Waals surface area contributed by atoms with Crippen molar-refractivity contribution in [3.8, 4) is 0 Å². The maximum absolute atomic E-state index is 11.0. The fourth-order valence-electron chi connectivity index (χ4n) is 1.94. The monoisotopic (exact) mass is 322 g/mol. The maximum Gasteiger partial charge on any atom is 0.318 e. The quantitative estimate of drug-likeness (QED) is 0.626. The van der Waals surface area contributed by atoms with Gasteiger partial charge in [0.05, 0.1) is 0 Å². The van der Waals surface area contributed by atoms with Crippen molar-refractivity contribution < 1.29 is 9.59 Å². The second-order valence-corrected chi connectivity index (χ2v) is 5.01. The molecule has 0 atom stereocenters. The zero-order valence-corrected chi connectivity index (χ0v) is 12.4. The van der Waals surface area contributed by atoms with E-state index in [0.717, 1.165) is 11.1 Å². The number of amides is 2. The Kier molecular flexibility index (Phi) is 5.20. The molecule has 4 nitrogen and oxygen atoms in total. The van der Waals surface area contributed by atoms with Crippen molar-refractivity contribution in [2.24, 2.45) is 0 Å². The van der Waals surface area contributed by atoms with Gasteiger partial charge >= 0.3 is 10.7 Å². The van der Waals surface area contributed by atoms with Crippen LogP contribution < -0.4 is 10.6 Å². The predicted molar refractivity (Wildman–Crippen MR) is 85.4 cm³/mol. The van der Waals surface area contributed by atoms with E-state index in [1.54, 1.807) is 18.2 Å². The molecule has 0 radical (unpaired) electrons. The van der Waals surface area contributed by atoms with E-state index in [-0.39, 0.29) is 0 Å². The molecule has 2 aromatic rings. The third-order valence-electron chi connectivity index (χ3n) is 2.84. The van der Waals surface area contributed by atoms with E-state index >= 15 is 0 Å². The summed E-state index contributed by atoms with van der Waals surface area (Å²) in [5.41, 5.74) is 3.27. The second-order valence-electron chi connectivity index (χ2n) is 4.33. The number of benzene rings is 2. The van der Waals surface area contributed by atoms with Gasteiger partial charge in [0.1, 0.15) is 0 Å². The Labute approximate surface area is 132 Å². The largest absolute Gasteiger partial charge is 0.318 e. The number of hydrogen-bond donors (Lipinski definition) is 2. The first-order valence-corrected chi connectivity index (χ1v) is 6.90. The smallest absolute Gasteiger partial charge is 0.312 e. The highest BCUT2D eigenvalue weighted by atomic mass is 35.5. The molecule has 0 bridgehead atoms. The van der Waals surface area contributed by atoms with Gasteiger partial charge in [0, 0.05) is 11.4 Å². The Balaban J connectivity index is 2.14. The highest BCUT2D eigenvalue weighted by Gasteiger charge is 2.05. The van der Waals surface area contributed by atoms with Crippen molar-refractivity contribution in [2.45, 2.75) is 6.42 Å². The normalized spacial score (nSPS) is 10.0. The molecule has 0 heterocycles. The predicted octanol–water partition coefficient (Wildman–Crippen LogP) is 4.82. The Hall–Kier alpha value is -2.04. The summed E-state index contributed by atoms with van der Waals surface area (Å²) in [6, 6.07) is 14.7. The Morgan fingerprint density at radius 3 is 2.10 bits per heavy atom. The first kappa shape index (κ1) is 15.4. The maximum atomic E-state index is 11.0. The van der Waals surface area contributed by atoms with Crippen molar-refractivity contribution in [2.75, 3.05) is 10.6 Å². The van der Waals surface area contributed by atoms with Gasteiger partial charge in [-0.05, 0) is 58.9 Å². The van der Waals surface area contributed by atoms with Gasteiger partial charge in [-0.15, -0.1) is 0 Å². The van der Waals surface area contributed by atoms with Crippen molar-refractivity contribution >= 4 is 45.3 Å². The number of carbonyl (C=O) groups is 2. The van der Waals surface area contributed by atoms with Gasteiger partial charge in [-0.3, -0.25) is 9.59 Å². The van der Waals surface area contributed by atoms with Crippen LogP contribution in [-0.2, 0) is 6.42 Å². The first-order chi connectivity index (χ1) is 10.0. The summed E-state index contributed by atoms with van der Waals surface area (Å²) < 4.78 is 0. The lowest BCUT2D eigenvalue weighted by atomic mass is 10.0. The molecule has 0 fully saturated rings. The zero-order chi connectivity index (χ0) is 15.2. The van der Waals surface area contributed by atoms with Crippen LogP contribution in [0.2, 0.25) is 0 Å². The minimum atomic E-state index is -0.627. The van der Waals surface area contributed by atoms with Gasteiger partial charge in [0.25, 0.3) is 0 Å². The molecule has 0 aliphatic carbocycles. The number of nitrogens with one attached hydrogen (secondary N) is 2. The summed E-state index contributed by atoms with van der Waals surface area (Å²) in [7, 11) is 0. The van der Waals surface area contributed by atoms with E-state index in [4.69, 9.17) is 23.2 Å². The number of rotatable bonds is 4. The Morgan fingerprint density at radius 1 is 0.857 bits per heavy atom. The van der Waals surface area contributed by atoms with Crippen molar-refractivity contribution in [1.82, 2.24) is 0 Å². The van der Waals surface area contributed by atoms with E-state index in [2.05, 4.69) is 10.6 Å². The molecule has 108 valence electrons. The molecule has 2 aromatic carbocycles. The molecular formula is C15H12Cl2N2O2. The summed E-state index contributed by atoms with van der Waals surface area (Å²) in [5.74, 6) is 0. The van der Waals surface area contributed by atoms with Gasteiger partial charge in [0.2, 0.25) is 0 Å². The van der Waals surface area contributed by atoms with Crippen LogP contribution in [-0.4, -0.2) is 10.7 Å². The molecule has 0 saturated heterocycles. The van der Waals surface area contributed by atoms with E-state index in [1.807, 2.05) is 30.3 Å². The molecule has 0 aliphatic rings. The molecule has 2 amide bonds.